The summed E-state index contributed by atoms with van der Waals surface area (Å²) in [6, 6.07) is 8.87. The second-order valence-electron chi connectivity index (χ2n) is 11.2. The van der Waals surface area contributed by atoms with Gasteiger partial charge in [0.1, 0.15) is 23.9 Å². The first kappa shape index (κ1) is 29.7. The number of aromatic nitrogens is 1. The molecule has 2 heterocycles. The van der Waals surface area contributed by atoms with E-state index in [0.717, 1.165) is 31.1 Å². The van der Waals surface area contributed by atoms with E-state index in [1.807, 2.05) is 6.07 Å². The van der Waals surface area contributed by atoms with Crippen LogP contribution in [0.1, 0.15) is 54.6 Å². The van der Waals surface area contributed by atoms with Gasteiger partial charge in [0.05, 0.1) is 0 Å². The van der Waals surface area contributed by atoms with E-state index in [1.54, 1.807) is 25.1 Å². The van der Waals surface area contributed by atoms with Crippen molar-refractivity contribution < 1.29 is 28.4 Å². The molecule has 226 valence electrons. The first-order valence-corrected chi connectivity index (χ1v) is 14.5. The largest absolute Gasteiger partial charge is 0.451 e. The van der Waals surface area contributed by atoms with Crippen LogP contribution in [-0.4, -0.2) is 53.1 Å². The third-order valence-electron chi connectivity index (χ3n) is 8.56. The summed E-state index contributed by atoms with van der Waals surface area (Å²) in [6.07, 6.45) is 5.36. The van der Waals surface area contributed by atoms with E-state index in [0.29, 0.717) is 23.0 Å². The number of carbonyl (C=O) groups is 5. The molecule has 0 saturated heterocycles. The quantitative estimate of drug-likeness (QED) is 0.248. The number of furan rings is 1. The van der Waals surface area contributed by atoms with Crippen LogP contribution >= 0.6 is 0 Å². The number of benzene rings is 1. The van der Waals surface area contributed by atoms with Crippen LogP contribution in [0.3, 0.4) is 0 Å². The van der Waals surface area contributed by atoms with E-state index in [-0.39, 0.29) is 42.8 Å². The van der Waals surface area contributed by atoms with Crippen LogP contribution in [0.25, 0.3) is 11.0 Å². The number of pyridine rings is 1. The smallest absolute Gasteiger partial charge is 0.287 e. The van der Waals surface area contributed by atoms with E-state index in [4.69, 9.17) is 4.42 Å². The first-order valence-electron chi connectivity index (χ1n) is 14.5. The Morgan fingerprint density at radius 2 is 1.70 bits per heavy atom. The number of fused-ring (bicyclic) bond motifs is 3. The highest BCUT2D eigenvalue weighted by Crippen LogP contribution is 2.44. The lowest BCUT2D eigenvalue weighted by atomic mass is 10.0. The molecule has 0 spiro atoms. The van der Waals surface area contributed by atoms with Crippen molar-refractivity contribution in [3.8, 4) is 0 Å². The van der Waals surface area contributed by atoms with Crippen LogP contribution in [0.15, 0.2) is 51.8 Å². The highest BCUT2D eigenvalue weighted by Gasteiger charge is 2.42. The van der Waals surface area contributed by atoms with Crippen molar-refractivity contribution in [2.45, 2.75) is 64.1 Å². The average Bonchev–Trinajstić information content (AvgIpc) is 3.68. The third-order valence-corrected chi connectivity index (χ3v) is 8.56. The molecule has 0 radical (unpaired) electrons. The summed E-state index contributed by atoms with van der Waals surface area (Å²) in [5, 5.41) is 11.2. The second kappa shape index (κ2) is 12.6. The molecule has 1 unspecified atom stereocenters. The van der Waals surface area contributed by atoms with Gasteiger partial charge in [-0.05, 0) is 69.1 Å². The molecule has 0 aliphatic heterocycles. The fraction of sp³-hybridized carbons (Fsp3) is 0.419. The van der Waals surface area contributed by atoms with Gasteiger partial charge < -0.3 is 30.3 Å². The molecule has 12 nitrogen and oxygen atoms in total. The summed E-state index contributed by atoms with van der Waals surface area (Å²) in [7, 11) is 1.31. The van der Waals surface area contributed by atoms with Crippen molar-refractivity contribution in [3.63, 3.8) is 0 Å². The molecule has 3 aromatic rings. The molecule has 2 aliphatic rings. The van der Waals surface area contributed by atoms with E-state index >= 15 is 0 Å². The molecule has 1 aromatic carbocycles. The van der Waals surface area contributed by atoms with Crippen molar-refractivity contribution in [3.05, 3.63) is 64.3 Å². The number of aryl methyl sites for hydroxylation is 1. The Labute approximate surface area is 247 Å². The lowest BCUT2D eigenvalue weighted by Gasteiger charge is -2.19. The molecule has 2 bridgehead atoms. The summed E-state index contributed by atoms with van der Waals surface area (Å²) in [4.78, 5) is 76.5. The number of rotatable bonds is 11. The van der Waals surface area contributed by atoms with Crippen LogP contribution in [0.5, 0.6) is 0 Å². The SMILES string of the molecule is CNC(=O)C(=O)CCC(NC(=O)c1oc2ccccc2c1C)C(=O)Nc1cccn(CC(=O)NC2C3CCC2CC3)c1=O. The number of likely N-dealkylation sites (N-methyl/N-ethyl adjacent to an activating group) is 1. The molecule has 43 heavy (non-hydrogen) atoms. The van der Waals surface area contributed by atoms with Crippen molar-refractivity contribution in [2.24, 2.45) is 11.8 Å². The fourth-order valence-electron chi connectivity index (χ4n) is 6.26. The predicted molar refractivity (Wildman–Crippen MR) is 157 cm³/mol. The Kier molecular flexibility index (Phi) is 8.74. The lowest BCUT2D eigenvalue weighted by Crippen LogP contribution is -2.45. The van der Waals surface area contributed by atoms with Crippen molar-refractivity contribution in [1.82, 2.24) is 20.5 Å². The number of anilines is 1. The zero-order chi connectivity index (χ0) is 30.7. The maximum absolute atomic E-state index is 13.4. The maximum Gasteiger partial charge on any atom is 0.287 e. The fourth-order valence-corrected chi connectivity index (χ4v) is 6.26. The number of carbonyl (C=O) groups excluding carboxylic acids is 5. The zero-order valence-corrected chi connectivity index (χ0v) is 24.1. The standard InChI is InChI=1S/C31H35N5O7/c1-17-20-6-3-4-8-24(20)43-27(17)30(41)33-21(13-14-23(37)29(40)32-2)28(39)34-22-7-5-15-36(31(22)42)16-25(38)35-26-18-9-10-19(26)12-11-18/h3-8,15,18-19,21,26H,9-14,16H2,1-2H3,(H,32,40)(H,33,41)(H,34,39)(H,35,38). The van der Waals surface area contributed by atoms with Gasteiger partial charge in [-0.25, -0.2) is 0 Å². The van der Waals surface area contributed by atoms with Gasteiger partial charge in [-0.1, -0.05) is 18.2 Å². The number of para-hydroxylation sites is 1. The number of hydrogen-bond acceptors (Lipinski definition) is 7. The monoisotopic (exact) mass is 589 g/mol. The van der Waals surface area contributed by atoms with E-state index in [1.165, 1.54) is 29.9 Å². The van der Waals surface area contributed by atoms with Gasteiger partial charge in [0.25, 0.3) is 17.4 Å². The van der Waals surface area contributed by atoms with Crippen molar-refractivity contribution in [2.75, 3.05) is 12.4 Å². The minimum absolute atomic E-state index is 0.000376. The predicted octanol–water partition coefficient (Wildman–Crippen LogP) is 2.04. The summed E-state index contributed by atoms with van der Waals surface area (Å²) < 4.78 is 6.92. The lowest BCUT2D eigenvalue weighted by molar-refractivity contribution is -0.137. The van der Waals surface area contributed by atoms with Crippen LogP contribution in [0.2, 0.25) is 0 Å². The number of hydrogen-bond donors (Lipinski definition) is 4. The van der Waals surface area contributed by atoms with Crippen LogP contribution in [0, 0.1) is 18.8 Å². The molecule has 12 heteroatoms. The van der Waals surface area contributed by atoms with Gasteiger partial charge in [0.2, 0.25) is 17.6 Å². The van der Waals surface area contributed by atoms with Gasteiger partial charge in [0, 0.05) is 36.7 Å². The molecular formula is C31H35N5O7. The maximum atomic E-state index is 13.4. The summed E-state index contributed by atoms with van der Waals surface area (Å²) in [5.74, 6) is -2.34. The van der Waals surface area contributed by atoms with Crippen molar-refractivity contribution in [1.29, 1.82) is 0 Å². The van der Waals surface area contributed by atoms with Crippen LogP contribution < -0.4 is 26.8 Å². The highest BCUT2D eigenvalue weighted by atomic mass is 16.3. The normalized spacial score (nSPS) is 19.5. The van der Waals surface area contributed by atoms with E-state index in [9.17, 15) is 28.8 Å². The Morgan fingerprint density at radius 1 is 1.00 bits per heavy atom. The third kappa shape index (κ3) is 6.37. The summed E-state index contributed by atoms with van der Waals surface area (Å²) in [6.45, 7) is 1.51. The van der Waals surface area contributed by atoms with E-state index < -0.39 is 35.1 Å². The Balaban J connectivity index is 1.30. The molecule has 2 aromatic heterocycles. The van der Waals surface area contributed by atoms with Gasteiger partial charge in [-0.3, -0.25) is 28.8 Å². The Morgan fingerprint density at radius 3 is 2.37 bits per heavy atom. The Hall–Kier alpha value is -4.74. The molecular weight excluding hydrogens is 554 g/mol. The molecule has 1 atom stereocenters. The minimum Gasteiger partial charge on any atom is -0.451 e. The summed E-state index contributed by atoms with van der Waals surface area (Å²) >= 11 is 0. The van der Waals surface area contributed by atoms with E-state index in [2.05, 4.69) is 21.3 Å². The molecule has 4 amide bonds. The number of ketones is 1. The highest BCUT2D eigenvalue weighted by molar-refractivity contribution is 6.36. The van der Waals surface area contributed by atoms with Gasteiger partial charge in [-0.2, -0.15) is 0 Å². The second-order valence-corrected chi connectivity index (χ2v) is 11.2. The Bertz CT molecular complexity index is 1620. The molecule has 4 N–H and O–H groups in total. The van der Waals surface area contributed by atoms with Crippen molar-refractivity contribution >= 4 is 46.1 Å². The molecule has 2 aliphatic carbocycles. The number of nitrogens with one attached hydrogen (secondary N) is 4. The summed E-state index contributed by atoms with van der Waals surface area (Å²) in [5.41, 5.74) is 0.372. The average molecular weight is 590 g/mol. The topological polar surface area (TPSA) is 169 Å². The number of nitrogens with zero attached hydrogens (tertiary/aromatic N) is 1. The molecule has 2 fully saturated rings. The number of amides is 4. The zero-order valence-electron chi connectivity index (χ0n) is 24.1. The van der Waals surface area contributed by atoms with Gasteiger partial charge in [0.15, 0.2) is 5.76 Å². The minimum atomic E-state index is -1.29. The first-order chi connectivity index (χ1) is 20.7. The van der Waals surface area contributed by atoms with Gasteiger partial charge >= 0.3 is 0 Å². The van der Waals surface area contributed by atoms with Gasteiger partial charge in [-0.15, -0.1) is 0 Å². The van der Waals surface area contributed by atoms with Crippen LogP contribution in [0.4, 0.5) is 5.69 Å². The number of Topliss-reactive ketones (excluding diaryl/α,β-unsaturated/α-hetero) is 1. The molecule has 5 rings (SSSR count). The molecule has 2 saturated carbocycles. The van der Waals surface area contributed by atoms with Crippen LogP contribution in [-0.2, 0) is 25.7 Å².